The van der Waals surface area contributed by atoms with E-state index in [0.717, 1.165) is 25.2 Å². The molecule has 0 fully saturated rings. The molecule has 1 aromatic rings. The molecule has 0 unspecified atom stereocenters. The fourth-order valence-corrected chi connectivity index (χ4v) is 1.53. The van der Waals surface area contributed by atoms with E-state index in [4.69, 9.17) is 19.4 Å². The van der Waals surface area contributed by atoms with Crippen LogP contribution in [0.4, 0.5) is 0 Å². The van der Waals surface area contributed by atoms with Crippen molar-refractivity contribution in [1.29, 1.82) is 0 Å². The van der Waals surface area contributed by atoms with E-state index in [1.807, 2.05) is 0 Å². The Hall–Kier alpha value is -0.670. The Kier molecular flexibility index (Phi) is 9.89. The van der Waals surface area contributed by atoms with Gasteiger partial charge in [0.1, 0.15) is 5.75 Å². The topological polar surface area (TPSA) is 69.9 Å². The zero-order valence-electron chi connectivity index (χ0n) is 11.3. The van der Waals surface area contributed by atoms with E-state index in [2.05, 4.69) is 39.0 Å². The van der Waals surface area contributed by atoms with Gasteiger partial charge in [-0.2, -0.15) is 0 Å². The van der Waals surface area contributed by atoms with Crippen LogP contribution in [0.3, 0.4) is 0 Å². The molecule has 1 aromatic carbocycles. The Morgan fingerprint density at radius 3 is 2.22 bits per heavy atom. The number of hydrogen-bond donors (Lipinski definition) is 3. The lowest BCUT2D eigenvalue weighted by molar-refractivity contribution is 0.314. The summed E-state index contributed by atoms with van der Waals surface area (Å²) in [7, 11) is -2.62. The first-order chi connectivity index (χ1) is 8.51. The summed E-state index contributed by atoms with van der Waals surface area (Å²) in [4.78, 5) is 21.7. The third-order valence-electron chi connectivity index (χ3n) is 2.20. The van der Waals surface area contributed by atoms with E-state index in [1.54, 1.807) is 0 Å². The molecule has 0 radical (unpaired) electrons. The second kappa shape index (κ2) is 10.3. The van der Waals surface area contributed by atoms with Gasteiger partial charge in [0.15, 0.2) is 0 Å². The van der Waals surface area contributed by atoms with Crippen LogP contribution in [0.1, 0.15) is 37.8 Å². The number of hydrogen-bond acceptors (Lipinski definition) is 4. The smallest absolute Gasteiger partial charge is 0.324 e. The third kappa shape index (κ3) is 8.43. The van der Waals surface area contributed by atoms with Gasteiger partial charge >= 0.3 is 8.60 Å². The number of ether oxygens (including phenoxy) is 1. The maximum absolute atomic E-state index is 7.23. The van der Waals surface area contributed by atoms with Crippen LogP contribution in [0.15, 0.2) is 18.2 Å². The van der Waals surface area contributed by atoms with Crippen molar-refractivity contribution in [2.75, 3.05) is 6.61 Å². The van der Waals surface area contributed by atoms with Crippen LogP contribution in [-0.4, -0.2) is 21.3 Å². The molecule has 0 atom stereocenters. The Balaban J connectivity index is 0.000000631. The van der Waals surface area contributed by atoms with Crippen LogP contribution in [0, 0.1) is 6.92 Å². The average molecular weight is 274 g/mol. The van der Waals surface area contributed by atoms with Gasteiger partial charge in [-0.3, -0.25) is 0 Å². The molecule has 0 saturated heterocycles. The van der Waals surface area contributed by atoms with E-state index in [1.165, 1.54) is 17.5 Å². The molecule has 0 aliphatic heterocycles. The summed E-state index contributed by atoms with van der Waals surface area (Å²) in [6.07, 6.45) is 3.35. The highest BCUT2D eigenvalue weighted by atomic mass is 31.2. The standard InChI is InChI=1S/C13H20O.H3O3P/c1-4-6-12-10-11(3)7-8-13(12)14-9-5-2;1-4(2)3/h7-8,10H,4-6,9H2,1-3H3;1-3H. The minimum absolute atomic E-state index is 0.819. The molecule has 0 aliphatic rings. The Labute approximate surface area is 110 Å². The molecule has 0 aliphatic carbocycles. The second-order valence-corrected chi connectivity index (χ2v) is 4.51. The molecular formula is C13H23O4P. The second-order valence-electron chi connectivity index (χ2n) is 3.98. The van der Waals surface area contributed by atoms with Gasteiger partial charge in [-0.25, -0.2) is 0 Å². The van der Waals surface area contributed by atoms with E-state index in [9.17, 15) is 0 Å². The summed E-state index contributed by atoms with van der Waals surface area (Å²) in [6.45, 7) is 7.28. The van der Waals surface area contributed by atoms with Gasteiger partial charge in [-0.1, -0.05) is 38.0 Å². The molecule has 5 heteroatoms. The molecule has 0 heterocycles. The Morgan fingerprint density at radius 1 is 1.11 bits per heavy atom. The Bertz CT molecular complexity index is 326. The molecule has 18 heavy (non-hydrogen) atoms. The SMILES string of the molecule is CCCOc1ccc(C)cc1CCC.OP(O)O. The van der Waals surface area contributed by atoms with Gasteiger partial charge in [0.05, 0.1) is 6.61 Å². The monoisotopic (exact) mass is 274 g/mol. The van der Waals surface area contributed by atoms with Crippen LogP contribution < -0.4 is 4.74 Å². The van der Waals surface area contributed by atoms with Gasteiger partial charge in [0, 0.05) is 0 Å². The molecule has 4 nitrogen and oxygen atoms in total. The molecule has 0 aromatic heterocycles. The van der Waals surface area contributed by atoms with Gasteiger partial charge in [-0.05, 0) is 31.4 Å². The zero-order chi connectivity index (χ0) is 14.0. The minimum Gasteiger partial charge on any atom is -0.493 e. The maximum Gasteiger partial charge on any atom is 0.324 e. The van der Waals surface area contributed by atoms with E-state index >= 15 is 0 Å². The lowest BCUT2D eigenvalue weighted by Crippen LogP contribution is -1.99. The predicted octanol–water partition coefficient (Wildman–Crippen LogP) is 2.93. The largest absolute Gasteiger partial charge is 0.493 e. The van der Waals surface area contributed by atoms with Crippen molar-refractivity contribution in [3.8, 4) is 5.75 Å². The fourth-order valence-electron chi connectivity index (χ4n) is 1.53. The molecule has 104 valence electrons. The van der Waals surface area contributed by atoms with Crippen LogP contribution in [0.2, 0.25) is 0 Å². The molecule has 0 amide bonds. The molecule has 3 N–H and O–H groups in total. The first-order valence-corrected chi connectivity index (χ1v) is 7.30. The first-order valence-electron chi connectivity index (χ1n) is 6.10. The highest BCUT2D eigenvalue weighted by Gasteiger charge is 2.02. The average Bonchev–Trinajstić information content (AvgIpc) is 2.28. The van der Waals surface area contributed by atoms with E-state index < -0.39 is 8.60 Å². The van der Waals surface area contributed by atoms with Crippen molar-refractivity contribution in [3.63, 3.8) is 0 Å². The van der Waals surface area contributed by atoms with Crippen LogP contribution >= 0.6 is 8.60 Å². The summed E-state index contributed by atoms with van der Waals surface area (Å²) >= 11 is 0. The number of benzene rings is 1. The Morgan fingerprint density at radius 2 is 1.72 bits per heavy atom. The van der Waals surface area contributed by atoms with Crippen molar-refractivity contribution in [2.45, 2.75) is 40.0 Å². The van der Waals surface area contributed by atoms with E-state index in [0.29, 0.717) is 0 Å². The number of aryl methyl sites for hydroxylation is 2. The summed E-state index contributed by atoms with van der Waals surface area (Å²) in [5, 5.41) is 0. The van der Waals surface area contributed by atoms with Crippen molar-refractivity contribution >= 4 is 8.60 Å². The summed E-state index contributed by atoms with van der Waals surface area (Å²) < 4.78 is 5.69. The number of rotatable bonds is 5. The van der Waals surface area contributed by atoms with Gasteiger partial charge in [-0.15, -0.1) is 0 Å². The zero-order valence-corrected chi connectivity index (χ0v) is 12.2. The van der Waals surface area contributed by atoms with Crippen molar-refractivity contribution in [1.82, 2.24) is 0 Å². The van der Waals surface area contributed by atoms with Crippen LogP contribution in [0.25, 0.3) is 0 Å². The first kappa shape index (κ1) is 17.3. The lowest BCUT2D eigenvalue weighted by atomic mass is 10.1. The van der Waals surface area contributed by atoms with Crippen molar-refractivity contribution in [3.05, 3.63) is 29.3 Å². The van der Waals surface area contributed by atoms with E-state index in [-0.39, 0.29) is 0 Å². The molecule has 0 saturated carbocycles. The maximum atomic E-state index is 7.23. The quantitative estimate of drug-likeness (QED) is 0.722. The van der Waals surface area contributed by atoms with Crippen LogP contribution in [0.5, 0.6) is 5.75 Å². The highest BCUT2D eigenvalue weighted by Crippen LogP contribution is 2.21. The molecule has 0 spiro atoms. The molecule has 1 rings (SSSR count). The minimum atomic E-state index is -2.62. The van der Waals surface area contributed by atoms with Gasteiger partial charge in [0.25, 0.3) is 0 Å². The normalized spacial score (nSPS) is 9.94. The third-order valence-corrected chi connectivity index (χ3v) is 2.20. The highest BCUT2D eigenvalue weighted by molar-refractivity contribution is 7.38. The van der Waals surface area contributed by atoms with Crippen molar-refractivity contribution in [2.24, 2.45) is 0 Å². The summed E-state index contributed by atoms with van der Waals surface area (Å²) in [5.41, 5.74) is 2.67. The van der Waals surface area contributed by atoms with Gasteiger partial charge < -0.3 is 19.4 Å². The molecular weight excluding hydrogens is 251 g/mol. The fraction of sp³-hybridized carbons (Fsp3) is 0.538. The van der Waals surface area contributed by atoms with Crippen molar-refractivity contribution < 1.29 is 19.4 Å². The lowest BCUT2D eigenvalue weighted by Gasteiger charge is -2.10. The predicted molar refractivity (Wildman–Crippen MR) is 74.5 cm³/mol. The summed E-state index contributed by atoms with van der Waals surface area (Å²) in [5.74, 6) is 1.07. The van der Waals surface area contributed by atoms with Gasteiger partial charge in [0.2, 0.25) is 0 Å². The molecule has 0 bridgehead atoms. The van der Waals surface area contributed by atoms with Crippen LogP contribution in [-0.2, 0) is 6.42 Å². The summed E-state index contributed by atoms with van der Waals surface area (Å²) in [6, 6.07) is 6.44.